The molecule has 3 N–H and O–H groups in total. The van der Waals surface area contributed by atoms with Crippen molar-refractivity contribution in [2.75, 3.05) is 13.2 Å². The summed E-state index contributed by atoms with van der Waals surface area (Å²) < 4.78 is 5.69. The average Bonchev–Trinajstić information content (AvgIpc) is 2.36. The van der Waals surface area contributed by atoms with Crippen molar-refractivity contribution in [1.29, 1.82) is 0 Å². The Bertz CT molecular complexity index is 311. The molecule has 3 heteroatoms. The fraction of sp³-hybridized carbons (Fsp3) is 0.571. The van der Waals surface area contributed by atoms with Crippen LogP contribution in [0.1, 0.15) is 38.3 Å². The molecule has 3 nitrogen and oxygen atoms in total. The van der Waals surface area contributed by atoms with E-state index in [9.17, 15) is 0 Å². The topological polar surface area (TPSA) is 55.5 Å². The van der Waals surface area contributed by atoms with Gasteiger partial charge in [0.05, 0.1) is 19.3 Å². The Morgan fingerprint density at radius 2 is 1.94 bits per heavy atom. The van der Waals surface area contributed by atoms with Crippen LogP contribution < -0.4 is 10.5 Å². The quantitative estimate of drug-likeness (QED) is 0.766. The lowest BCUT2D eigenvalue weighted by Crippen LogP contribution is -2.14. The van der Waals surface area contributed by atoms with Gasteiger partial charge in [-0.25, -0.2) is 0 Å². The first-order chi connectivity index (χ1) is 8.17. The van der Waals surface area contributed by atoms with Gasteiger partial charge in [0.15, 0.2) is 0 Å². The van der Waals surface area contributed by atoms with Crippen LogP contribution in [-0.2, 0) is 0 Å². The van der Waals surface area contributed by atoms with Gasteiger partial charge in [-0.15, -0.1) is 0 Å². The molecule has 1 aromatic carbocycles. The number of ether oxygens (including phenoxy) is 1. The van der Waals surface area contributed by atoms with E-state index in [0.29, 0.717) is 5.92 Å². The molecule has 0 bridgehead atoms. The summed E-state index contributed by atoms with van der Waals surface area (Å²) in [6, 6.07) is 7.32. The lowest BCUT2D eigenvalue weighted by atomic mass is 10.1. The maximum atomic E-state index is 8.94. The van der Waals surface area contributed by atoms with E-state index >= 15 is 0 Å². The number of aliphatic hydroxyl groups is 1. The van der Waals surface area contributed by atoms with Crippen molar-refractivity contribution in [2.45, 2.75) is 32.7 Å². The second kappa shape index (κ2) is 7.30. The fourth-order valence-corrected chi connectivity index (χ4v) is 1.73. The van der Waals surface area contributed by atoms with E-state index < -0.39 is 0 Å². The van der Waals surface area contributed by atoms with Crippen molar-refractivity contribution >= 4 is 0 Å². The van der Waals surface area contributed by atoms with Crippen molar-refractivity contribution in [3.05, 3.63) is 29.8 Å². The molecule has 0 saturated heterocycles. The highest BCUT2D eigenvalue weighted by Gasteiger charge is 2.05. The fourth-order valence-electron chi connectivity index (χ4n) is 1.73. The van der Waals surface area contributed by atoms with Crippen molar-refractivity contribution in [1.82, 2.24) is 0 Å². The Morgan fingerprint density at radius 3 is 2.47 bits per heavy atom. The molecule has 1 aromatic rings. The molecule has 1 rings (SSSR count). The van der Waals surface area contributed by atoms with E-state index in [0.717, 1.165) is 17.9 Å². The standard InChI is InChI=1S/C14H23NO2/c1-3-4-11(2)10-17-13-7-5-12(6-8-13)14(15)9-16/h5-8,11,14,16H,3-4,9-10,15H2,1-2H3/t11?,14-/m0/s1. The number of aliphatic hydroxyl groups excluding tert-OH is 1. The van der Waals surface area contributed by atoms with Crippen LogP contribution in [0.3, 0.4) is 0 Å². The normalized spacial score (nSPS) is 14.4. The van der Waals surface area contributed by atoms with Gasteiger partial charge in [-0.3, -0.25) is 0 Å². The SMILES string of the molecule is CCCC(C)COc1ccc([C@@H](N)CO)cc1. The van der Waals surface area contributed by atoms with Crippen LogP contribution in [0.25, 0.3) is 0 Å². The van der Waals surface area contributed by atoms with Crippen LogP contribution in [0.4, 0.5) is 0 Å². The number of rotatable bonds is 7. The van der Waals surface area contributed by atoms with Crippen molar-refractivity contribution in [2.24, 2.45) is 11.7 Å². The van der Waals surface area contributed by atoms with Crippen LogP contribution in [0.15, 0.2) is 24.3 Å². The molecule has 0 aromatic heterocycles. The van der Waals surface area contributed by atoms with Gasteiger partial charge in [0, 0.05) is 0 Å². The summed E-state index contributed by atoms with van der Waals surface area (Å²) in [5, 5.41) is 8.94. The highest BCUT2D eigenvalue weighted by atomic mass is 16.5. The predicted octanol–water partition coefficient (Wildman–Crippen LogP) is 2.49. The maximum absolute atomic E-state index is 8.94. The first-order valence-corrected chi connectivity index (χ1v) is 6.26. The molecule has 17 heavy (non-hydrogen) atoms. The number of hydrogen-bond acceptors (Lipinski definition) is 3. The Balaban J connectivity index is 2.45. The van der Waals surface area contributed by atoms with E-state index in [4.69, 9.17) is 15.6 Å². The van der Waals surface area contributed by atoms with Crippen molar-refractivity contribution in [3.63, 3.8) is 0 Å². The van der Waals surface area contributed by atoms with E-state index in [2.05, 4.69) is 13.8 Å². The van der Waals surface area contributed by atoms with Crippen LogP contribution >= 0.6 is 0 Å². The summed E-state index contributed by atoms with van der Waals surface area (Å²) in [4.78, 5) is 0. The highest BCUT2D eigenvalue weighted by molar-refractivity contribution is 5.29. The summed E-state index contributed by atoms with van der Waals surface area (Å²) in [5.41, 5.74) is 6.65. The Kier molecular flexibility index (Phi) is 6.01. The van der Waals surface area contributed by atoms with Gasteiger partial charge in [0.25, 0.3) is 0 Å². The van der Waals surface area contributed by atoms with Crippen molar-refractivity contribution in [3.8, 4) is 5.75 Å². The van der Waals surface area contributed by atoms with Crippen molar-refractivity contribution < 1.29 is 9.84 Å². The zero-order valence-corrected chi connectivity index (χ0v) is 10.7. The van der Waals surface area contributed by atoms with Crippen LogP contribution in [-0.4, -0.2) is 18.3 Å². The van der Waals surface area contributed by atoms with Crippen LogP contribution in [0, 0.1) is 5.92 Å². The molecule has 0 spiro atoms. The molecule has 0 fully saturated rings. The van der Waals surface area contributed by atoms with Crippen LogP contribution in [0.2, 0.25) is 0 Å². The lowest BCUT2D eigenvalue weighted by Gasteiger charge is -2.13. The summed E-state index contributed by atoms with van der Waals surface area (Å²) >= 11 is 0. The minimum Gasteiger partial charge on any atom is -0.493 e. The van der Waals surface area contributed by atoms with Gasteiger partial charge >= 0.3 is 0 Å². The summed E-state index contributed by atoms with van der Waals surface area (Å²) in [5.74, 6) is 1.45. The predicted molar refractivity (Wildman–Crippen MR) is 70.0 cm³/mol. The second-order valence-electron chi connectivity index (χ2n) is 4.56. The first kappa shape index (κ1) is 14.0. The molecule has 0 aliphatic carbocycles. The van der Waals surface area contributed by atoms with Gasteiger partial charge < -0.3 is 15.6 Å². The zero-order chi connectivity index (χ0) is 12.7. The molecule has 2 atom stereocenters. The molecule has 0 saturated carbocycles. The van der Waals surface area contributed by atoms with Gasteiger partial charge in [-0.1, -0.05) is 32.4 Å². The highest BCUT2D eigenvalue weighted by Crippen LogP contribution is 2.17. The zero-order valence-electron chi connectivity index (χ0n) is 10.7. The molecule has 1 unspecified atom stereocenters. The second-order valence-corrected chi connectivity index (χ2v) is 4.56. The third-order valence-electron chi connectivity index (χ3n) is 2.82. The maximum Gasteiger partial charge on any atom is 0.119 e. The monoisotopic (exact) mass is 237 g/mol. The summed E-state index contributed by atoms with van der Waals surface area (Å²) in [7, 11) is 0. The van der Waals surface area contributed by atoms with E-state index in [-0.39, 0.29) is 12.6 Å². The van der Waals surface area contributed by atoms with E-state index in [1.807, 2.05) is 24.3 Å². The first-order valence-electron chi connectivity index (χ1n) is 6.26. The minimum absolute atomic E-state index is 0.0340. The third-order valence-corrected chi connectivity index (χ3v) is 2.82. The molecular formula is C14H23NO2. The Hall–Kier alpha value is -1.06. The lowest BCUT2D eigenvalue weighted by molar-refractivity contribution is 0.251. The molecule has 0 radical (unpaired) electrons. The molecule has 0 heterocycles. The number of benzene rings is 1. The van der Waals surface area contributed by atoms with Crippen LogP contribution in [0.5, 0.6) is 5.75 Å². The molecule has 0 amide bonds. The molecular weight excluding hydrogens is 214 g/mol. The van der Waals surface area contributed by atoms with Gasteiger partial charge in [-0.05, 0) is 30.0 Å². The number of hydrogen-bond donors (Lipinski definition) is 2. The summed E-state index contributed by atoms with van der Waals surface area (Å²) in [6.45, 7) is 5.09. The largest absolute Gasteiger partial charge is 0.493 e. The third kappa shape index (κ3) is 4.75. The molecule has 0 aliphatic rings. The number of nitrogens with two attached hydrogens (primary N) is 1. The smallest absolute Gasteiger partial charge is 0.119 e. The van der Waals surface area contributed by atoms with Gasteiger partial charge in [-0.2, -0.15) is 0 Å². The molecule has 0 aliphatic heterocycles. The summed E-state index contributed by atoms with van der Waals surface area (Å²) in [6.07, 6.45) is 2.38. The molecule has 96 valence electrons. The average molecular weight is 237 g/mol. The Labute approximate surface area is 104 Å². The van der Waals surface area contributed by atoms with E-state index in [1.54, 1.807) is 0 Å². The van der Waals surface area contributed by atoms with Gasteiger partial charge in [0.1, 0.15) is 5.75 Å². The van der Waals surface area contributed by atoms with Gasteiger partial charge in [0.2, 0.25) is 0 Å². The van der Waals surface area contributed by atoms with E-state index in [1.165, 1.54) is 12.8 Å². The minimum atomic E-state index is -0.303. The Morgan fingerprint density at radius 1 is 1.29 bits per heavy atom.